The molecule has 3 aromatic carbocycles. The number of esters is 1. The fourth-order valence-corrected chi connectivity index (χ4v) is 3.62. The quantitative estimate of drug-likeness (QED) is 0.329. The van der Waals surface area contributed by atoms with Crippen LogP contribution in [0.25, 0.3) is 22.4 Å². The Kier molecular flexibility index (Phi) is 6.84. The molecular formula is C26H24ClN3O4. The average molecular weight is 478 g/mol. The van der Waals surface area contributed by atoms with Crippen LogP contribution in [0, 0.1) is 6.92 Å². The van der Waals surface area contributed by atoms with Crippen LogP contribution in [0.4, 0.5) is 5.69 Å². The zero-order valence-corrected chi connectivity index (χ0v) is 19.8. The van der Waals surface area contributed by atoms with Crippen LogP contribution in [-0.4, -0.2) is 35.1 Å². The Morgan fingerprint density at radius 3 is 2.53 bits per heavy atom. The smallest absolute Gasteiger partial charge is 0.338 e. The van der Waals surface area contributed by atoms with Crippen LogP contribution in [0.15, 0.2) is 60.7 Å². The standard InChI is InChI=1S/C26H24ClN3O4/c1-4-23(25(31)28-18-9-5-15(2)20(27)14-18)34-26(32)17-8-12-21-22(13-17)30-24(29-21)16-6-10-19(33-3)11-7-16/h5-14,23H,4H2,1-3H3,(H,28,31)(H,29,30). The van der Waals surface area contributed by atoms with Crippen molar-refractivity contribution in [1.29, 1.82) is 0 Å². The molecule has 0 spiro atoms. The third-order valence-electron chi connectivity index (χ3n) is 5.43. The van der Waals surface area contributed by atoms with Gasteiger partial charge in [-0.1, -0.05) is 24.6 Å². The van der Waals surface area contributed by atoms with Gasteiger partial charge >= 0.3 is 5.97 Å². The van der Waals surface area contributed by atoms with Gasteiger partial charge in [0.25, 0.3) is 5.91 Å². The molecule has 0 fully saturated rings. The van der Waals surface area contributed by atoms with E-state index < -0.39 is 18.0 Å². The number of methoxy groups -OCH3 is 1. The van der Waals surface area contributed by atoms with Gasteiger partial charge in [0.05, 0.1) is 23.7 Å². The molecule has 0 aliphatic rings. The maximum Gasteiger partial charge on any atom is 0.338 e. The van der Waals surface area contributed by atoms with E-state index in [0.717, 1.165) is 16.9 Å². The Morgan fingerprint density at radius 1 is 1.09 bits per heavy atom. The number of anilines is 1. The molecule has 0 saturated carbocycles. The lowest BCUT2D eigenvalue weighted by Gasteiger charge is -2.16. The minimum absolute atomic E-state index is 0.321. The molecule has 0 radical (unpaired) electrons. The van der Waals surface area contributed by atoms with Crippen molar-refractivity contribution in [3.63, 3.8) is 0 Å². The third kappa shape index (κ3) is 5.05. The normalized spacial score (nSPS) is 11.8. The summed E-state index contributed by atoms with van der Waals surface area (Å²) in [6.07, 6.45) is -0.620. The molecule has 1 aromatic heterocycles. The fraction of sp³-hybridized carbons (Fsp3) is 0.192. The first-order valence-corrected chi connectivity index (χ1v) is 11.2. The lowest BCUT2D eigenvalue weighted by atomic mass is 10.2. The van der Waals surface area contributed by atoms with Crippen LogP contribution >= 0.6 is 11.6 Å². The second-order valence-corrected chi connectivity index (χ2v) is 8.21. The van der Waals surface area contributed by atoms with Crippen molar-refractivity contribution in [3.8, 4) is 17.1 Å². The number of aromatic nitrogens is 2. The minimum atomic E-state index is -0.945. The largest absolute Gasteiger partial charge is 0.497 e. The number of nitrogens with zero attached hydrogens (tertiary/aromatic N) is 1. The molecule has 1 heterocycles. The summed E-state index contributed by atoms with van der Waals surface area (Å²) in [5, 5.41) is 3.30. The predicted molar refractivity (Wildman–Crippen MR) is 132 cm³/mol. The molecule has 0 bridgehead atoms. The molecule has 4 aromatic rings. The summed E-state index contributed by atoms with van der Waals surface area (Å²) >= 11 is 6.13. The number of fused-ring (bicyclic) bond motifs is 1. The van der Waals surface area contributed by atoms with E-state index in [4.69, 9.17) is 21.1 Å². The van der Waals surface area contributed by atoms with Crippen LogP contribution in [-0.2, 0) is 9.53 Å². The van der Waals surface area contributed by atoms with Crippen LogP contribution in [0.1, 0.15) is 29.3 Å². The van der Waals surface area contributed by atoms with Gasteiger partial charge in [0.2, 0.25) is 0 Å². The van der Waals surface area contributed by atoms with Gasteiger partial charge in [-0.05, 0) is 73.5 Å². The van der Waals surface area contributed by atoms with Crippen LogP contribution in [0.5, 0.6) is 5.75 Å². The van der Waals surface area contributed by atoms with E-state index in [1.54, 1.807) is 44.4 Å². The molecule has 0 aliphatic carbocycles. The Morgan fingerprint density at radius 2 is 1.85 bits per heavy atom. The molecule has 0 aliphatic heterocycles. The van der Waals surface area contributed by atoms with Crippen molar-refractivity contribution < 1.29 is 19.1 Å². The van der Waals surface area contributed by atoms with Crippen LogP contribution in [0.3, 0.4) is 0 Å². The van der Waals surface area contributed by atoms with E-state index in [9.17, 15) is 9.59 Å². The van der Waals surface area contributed by atoms with Crippen molar-refractivity contribution >= 4 is 40.2 Å². The van der Waals surface area contributed by atoms with Crippen molar-refractivity contribution in [2.75, 3.05) is 12.4 Å². The number of hydrogen-bond donors (Lipinski definition) is 2. The molecule has 2 N–H and O–H groups in total. The van der Waals surface area contributed by atoms with Gasteiger partial charge in [-0.3, -0.25) is 4.79 Å². The van der Waals surface area contributed by atoms with Gasteiger partial charge in [-0.25, -0.2) is 9.78 Å². The maximum atomic E-state index is 12.8. The van der Waals surface area contributed by atoms with Crippen LogP contribution < -0.4 is 10.1 Å². The van der Waals surface area contributed by atoms with Crippen molar-refractivity contribution in [3.05, 3.63) is 76.8 Å². The zero-order valence-electron chi connectivity index (χ0n) is 19.0. The van der Waals surface area contributed by atoms with E-state index in [-0.39, 0.29) is 0 Å². The maximum absolute atomic E-state index is 12.8. The van der Waals surface area contributed by atoms with E-state index in [2.05, 4.69) is 15.3 Å². The number of hydrogen-bond acceptors (Lipinski definition) is 5. The van der Waals surface area contributed by atoms with Crippen molar-refractivity contribution in [2.24, 2.45) is 0 Å². The number of ether oxygens (including phenoxy) is 2. The van der Waals surface area contributed by atoms with Gasteiger partial charge in [-0.2, -0.15) is 0 Å². The highest BCUT2D eigenvalue weighted by Crippen LogP contribution is 2.24. The molecular weight excluding hydrogens is 454 g/mol. The number of rotatable bonds is 7. The summed E-state index contributed by atoms with van der Waals surface area (Å²) in [6, 6.07) is 17.8. The molecule has 34 heavy (non-hydrogen) atoms. The van der Waals surface area contributed by atoms with Crippen molar-refractivity contribution in [1.82, 2.24) is 9.97 Å². The van der Waals surface area contributed by atoms with E-state index in [1.165, 1.54) is 0 Å². The second kappa shape index (κ2) is 9.97. The highest BCUT2D eigenvalue weighted by Gasteiger charge is 2.23. The highest BCUT2D eigenvalue weighted by molar-refractivity contribution is 6.31. The van der Waals surface area contributed by atoms with Crippen LogP contribution in [0.2, 0.25) is 5.02 Å². The third-order valence-corrected chi connectivity index (χ3v) is 5.84. The molecule has 174 valence electrons. The van der Waals surface area contributed by atoms with Gasteiger partial charge in [0.15, 0.2) is 6.10 Å². The molecule has 1 unspecified atom stereocenters. The molecule has 4 rings (SSSR count). The number of aryl methyl sites for hydroxylation is 1. The number of nitrogens with one attached hydrogen (secondary N) is 2. The predicted octanol–water partition coefficient (Wildman–Crippen LogP) is 5.77. The number of amides is 1. The first-order chi connectivity index (χ1) is 16.4. The SMILES string of the molecule is CCC(OC(=O)c1ccc2nc(-c3ccc(OC)cc3)[nH]c2c1)C(=O)Nc1ccc(C)c(Cl)c1. The molecule has 1 atom stereocenters. The summed E-state index contributed by atoms with van der Waals surface area (Å²) in [4.78, 5) is 33.3. The average Bonchev–Trinajstić information content (AvgIpc) is 3.28. The van der Waals surface area contributed by atoms with E-state index in [0.29, 0.717) is 39.6 Å². The number of aromatic amines is 1. The number of H-pyrrole nitrogens is 1. The van der Waals surface area contributed by atoms with Gasteiger partial charge in [0.1, 0.15) is 11.6 Å². The summed E-state index contributed by atoms with van der Waals surface area (Å²) in [6.45, 7) is 3.65. The minimum Gasteiger partial charge on any atom is -0.497 e. The first-order valence-electron chi connectivity index (χ1n) is 10.8. The highest BCUT2D eigenvalue weighted by atomic mass is 35.5. The number of benzene rings is 3. The van der Waals surface area contributed by atoms with Gasteiger partial charge in [-0.15, -0.1) is 0 Å². The number of carbonyl (C=O) groups is 2. The topological polar surface area (TPSA) is 93.3 Å². The summed E-state index contributed by atoms with van der Waals surface area (Å²) in [5.41, 5.74) is 4.06. The summed E-state index contributed by atoms with van der Waals surface area (Å²) < 4.78 is 10.7. The zero-order chi connectivity index (χ0) is 24.2. The monoisotopic (exact) mass is 477 g/mol. The number of carbonyl (C=O) groups excluding carboxylic acids is 2. The lowest BCUT2D eigenvalue weighted by molar-refractivity contribution is -0.124. The molecule has 1 amide bonds. The number of imidazole rings is 1. The Bertz CT molecular complexity index is 1350. The fourth-order valence-electron chi connectivity index (χ4n) is 3.44. The molecule has 0 saturated heterocycles. The summed E-state index contributed by atoms with van der Waals surface area (Å²) in [5.74, 6) is 0.419. The Hall–Kier alpha value is -3.84. The van der Waals surface area contributed by atoms with Gasteiger partial charge in [0, 0.05) is 16.3 Å². The summed E-state index contributed by atoms with van der Waals surface area (Å²) in [7, 11) is 1.61. The van der Waals surface area contributed by atoms with Gasteiger partial charge < -0.3 is 19.8 Å². The number of halogens is 1. The molecule has 7 nitrogen and oxygen atoms in total. The molecule has 8 heteroatoms. The Labute approximate surface area is 202 Å². The second-order valence-electron chi connectivity index (χ2n) is 7.80. The first kappa shape index (κ1) is 23.3. The van der Waals surface area contributed by atoms with E-state index >= 15 is 0 Å². The lowest BCUT2D eigenvalue weighted by Crippen LogP contribution is -2.32. The van der Waals surface area contributed by atoms with E-state index in [1.807, 2.05) is 37.3 Å². The Balaban J connectivity index is 1.48. The van der Waals surface area contributed by atoms with Crippen molar-refractivity contribution in [2.45, 2.75) is 26.4 Å².